The molecule has 4 nitrogen and oxygen atoms in total. The Morgan fingerprint density at radius 2 is 2.27 bits per heavy atom. The molecule has 0 saturated carbocycles. The fourth-order valence-electron chi connectivity index (χ4n) is 1.14. The highest BCUT2D eigenvalue weighted by atomic mass is 19.3. The standard InChI is InChI=1S/C9H9F2N3O/c1-6-2-3-7(4-12-6)8-13-14(5-15-8)9(10)11/h2-4,9H,5H2,1H3. The van der Waals surface area contributed by atoms with Crippen LogP contribution < -0.4 is 0 Å². The molecule has 80 valence electrons. The first-order chi connectivity index (χ1) is 7.16. The maximum absolute atomic E-state index is 12.2. The van der Waals surface area contributed by atoms with Crippen LogP contribution in [0.3, 0.4) is 0 Å². The average molecular weight is 213 g/mol. The molecule has 0 bridgehead atoms. The second kappa shape index (κ2) is 3.80. The van der Waals surface area contributed by atoms with E-state index in [-0.39, 0.29) is 12.6 Å². The zero-order valence-electron chi connectivity index (χ0n) is 8.02. The molecule has 0 spiro atoms. The quantitative estimate of drug-likeness (QED) is 0.700. The number of hydrogen-bond donors (Lipinski definition) is 0. The molecule has 0 unspecified atom stereocenters. The first kappa shape index (κ1) is 9.82. The van der Waals surface area contributed by atoms with Gasteiger partial charge in [-0.1, -0.05) is 0 Å². The van der Waals surface area contributed by atoms with Gasteiger partial charge in [-0.2, -0.15) is 13.8 Å². The highest BCUT2D eigenvalue weighted by Gasteiger charge is 2.23. The van der Waals surface area contributed by atoms with Crippen molar-refractivity contribution in [3.63, 3.8) is 0 Å². The van der Waals surface area contributed by atoms with Crippen molar-refractivity contribution in [2.24, 2.45) is 5.10 Å². The molecule has 1 aliphatic heterocycles. The van der Waals surface area contributed by atoms with Crippen LogP contribution in [-0.4, -0.2) is 29.2 Å². The Kier molecular flexibility index (Phi) is 2.49. The second-order valence-corrected chi connectivity index (χ2v) is 3.08. The van der Waals surface area contributed by atoms with E-state index >= 15 is 0 Å². The molecule has 0 amide bonds. The van der Waals surface area contributed by atoms with Gasteiger partial charge in [0.05, 0.1) is 5.56 Å². The lowest BCUT2D eigenvalue weighted by Crippen LogP contribution is -2.20. The third-order valence-corrected chi connectivity index (χ3v) is 1.94. The van der Waals surface area contributed by atoms with Gasteiger partial charge >= 0.3 is 6.55 Å². The van der Waals surface area contributed by atoms with Crippen LogP contribution in [0.1, 0.15) is 11.3 Å². The second-order valence-electron chi connectivity index (χ2n) is 3.08. The summed E-state index contributed by atoms with van der Waals surface area (Å²) in [5, 5.41) is 4.20. The topological polar surface area (TPSA) is 37.7 Å². The van der Waals surface area contributed by atoms with Gasteiger partial charge in [0.25, 0.3) is 0 Å². The molecule has 6 heteroatoms. The minimum absolute atomic E-state index is 0.183. The minimum atomic E-state index is -2.64. The fraction of sp³-hybridized carbons (Fsp3) is 0.333. The first-order valence-electron chi connectivity index (χ1n) is 4.36. The van der Waals surface area contributed by atoms with Crippen LogP contribution in [-0.2, 0) is 4.74 Å². The predicted octanol–water partition coefficient (Wildman–Crippen LogP) is 1.56. The summed E-state index contributed by atoms with van der Waals surface area (Å²) in [5.74, 6) is 0.183. The number of aryl methyl sites for hydroxylation is 1. The van der Waals surface area contributed by atoms with Gasteiger partial charge in [-0.15, -0.1) is 5.10 Å². The van der Waals surface area contributed by atoms with E-state index in [1.54, 1.807) is 18.3 Å². The monoisotopic (exact) mass is 213 g/mol. The molecule has 0 aliphatic carbocycles. The van der Waals surface area contributed by atoms with Crippen LogP contribution in [0.4, 0.5) is 8.78 Å². The third-order valence-electron chi connectivity index (χ3n) is 1.94. The lowest BCUT2D eigenvalue weighted by atomic mass is 10.2. The molecule has 0 aromatic carbocycles. The van der Waals surface area contributed by atoms with Gasteiger partial charge < -0.3 is 4.74 Å². The van der Waals surface area contributed by atoms with E-state index < -0.39 is 6.55 Å². The van der Waals surface area contributed by atoms with E-state index in [1.807, 2.05) is 6.92 Å². The number of nitrogens with zero attached hydrogens (tertiary/aromatic N) is 3. The van der Waals surface area contributed by atoms with E-state index in [0.717, 1.165) is 5.69 Å². The smallest absolute Gasteiger partial charge is 0.332 e. The highest BCUT2D eigenvalue weighted by Crippen LogP contribution is 2.14. The van der Waals surface area contributed by atoms with Gasteiger partial charge in [0.15, 0.2) is 6.73 Å². The molecule has 0 radical (unpaired) electrons. The fourth-order valence-corrected chi connectivity index (χ4v) is 1.14. The van der Waals surface area contributed by atoms with Crippen LogP contribution in [0, 0.1) is 6.92 Å². The van der Waals surface area contributed by atoms with Crippen molar-refractivity contribution < 1.29 is 13.5 Å². The Morgan fingerprint density at radius 3 is 2.80 bits per heavy atom. The van der Waals surface area contributed by atoms with Gasteiger partial charge in [-0.3, -0.25) is 4.98 Å². The number of hydrazone groups is 1. The summed E-state index contributed by atoms with van der Waals surface area (Å²) in [6.45, 7) is -1.02. The lowest BCUT2D eigenvalue weighted by molar-refractivity contribution is -0.0470. The van der Waals surface area contributed by atoms with E-state index in [9.17, 15) is 8.78 Å². The number of halogens is 2. The van der Waals surface area contributed by atoms with E-state index in [0.29, 0.717) is 10.6 Å². The van der Waals surface area contributed by atoms with Crippen LogP contribution >= 0.6 is 0 Å². The van der Waals surface area contributed by atoms with Gasteiger partial charge in [0, 0.05) is 11.9 Å². The van der Waals surface area contributed by atoms with Crippen molar-refractivity contribution >= 4 is 5.90 Å². The van der Waals surface area contributed by atoms with Crippen molar-refractivity contribution in [3.05, 3.63) is 29.6 Å². The molecule has 1 aromatic rings. The Balaban J connectivity index is 2.19. The summed E-state index contributed by atoms with van der Waals surface area (Å²) in [7, 11) is 0. The molecule has 0 atom stereocenters. The van der Waals surface area contributed by atoms with E-state index in [4.69, 9.17) is 4.74 Å². The van der Waals surface area contributed by atoms with Crippen LogP contribution in [0.15, 0.2) is 23.4 Å². The summed E-state index contributed by atoms with van der Waals surface area (Å²) in [5.41, 5.74) is 1.45. The molecular weight excluding hydrogens is 204 g/mol. The molecule has 1 aromatic heterocycles. The SMILES string of the molecule is Cc1ccc(C2=NN(C(F)F)CO2)cn1. The number of pyridine rings is 1. The molecule has 15 heavy (non-hydrogen) atoms. The number of ether oxygens (including phenoxy) is 1. The van der Waals surface area contributed by atoms with Crippen molar-refractivity contribution in [2.75, 3.05) is 6.73 Å². The maximum Gasteiger partial charge on any atom is 0.332 e. The zero-order chi connectivity index (χ0) is 10.8. The lowest BCUT2D eigenvalue weighted by Gasteiger charge is -2.07. The summed E-state index contributed by atoms with van der Waals surface area (Å²) >= 11 is 0. The molecular formula is C9H9F2N3O. The zero-order valence-corrected chi connectivity index (χ0v) is 8.02. The largest absolute Gasteiger partial charge is 0.453 e. The molecule has 2 rings (SSSR count). The average Bonchev–Trinajstić information content (AvgIpc) is 2.68. The number of hydrogen-bond acceptors (Lipinski definition) is 4. The molecule has 0 fully saturated rings. The molecule has 0 N–H and O–H groups in total. The molecule has 1 aliphatic rings. The van der Waals surface area contributed by atoms with Crippen LogP contribution in [0.2, 0.25) is 0 Å². The molecule has 2 heterocycles. The summed E-state index contributed by atoms with van der Waals surface area (Å²) in [4.78, 5) is 4.03. The normalized spacial score (nSPS) is 15.5. The van der Waals surface area contributed by atoms with E-state index in [1.165, 1.54) is 0 Å². The minimum Gasteiger partial charge on any atom is -0.453 e. The van der Waals surface area contributed by atoms with Gasteiger partial charge in [-0.25, -0.2) is 0 Å². The predicted molar refractivity (Wildman–Crippen MR) is 49.3 cm³/mol. The van der Waals surface area contributed by atoms with Gasteiger partial charge in [0.2, 0.25) is 5.90 Å². The molecule has 0 saturated heterocycles. The summed E-state index contributed by atoms with van der Waals surface area (Å²) in [6, 6.07) is 3.50. The summed E-state index contributed by atoms with van der Waals surface area (Å²) in [6.07, 6.45) is 1.54. The van der Waals surface area contributed by atoms with Crippen LogP contribution in [0.5, 0.6) is 0 Å². The van der Waals surface area contributed by atoms with Crippen molar-refractivity contribution in [3.8, 4) is 0 Å². The Morgan fingerprint density at radius 1 is 1.47 bits per heavy atom. The third kappa shape index (κ3) is 2.03. The Hall–Kier alpha value is -1.72. The number of alkyl halides is 2. The maximum atomic E-state index is 12.2. The van der Waals surface area contributed by atoms with Crippen molar-refractivity contribution in [2.45, 2.75) is 13.5 Å². The van der Waals surface area contributed by atoms with E-state index in [2.05, 4.69) is 10.1 Å². The van der Waals surface area contributed by atoms with Gasteiger partial charge in [0.1, 0.15) is 0 Å². The van der Waals surface area contributed by atoms with Crippen molar-refractivity contribution in [1.82, 2.24) is 9.99 Å². The van der Waals surface area contributed by atoms with Crippen LogP contribution in [0.25, 0.3) is 0 Å². The Bertz CT molecular complexity index is 377. The Labute approximate surface area is 85.2 Å². The van der Waals surface area contributed by atoms with Gasteiger partial charge in [-0.05, 0) is 19.1 Å². The first-order valence-corrected chi connectivity index (χ1v) is 4.36. The highest BCUT2D eigenvalue weighted by molar-refractivity contribution is 5.94. The van der Waals surface area contributed by atoms with Crippen molar-refractivity contribution in [1.29, 1.82) is 0 Å². The summed E-state index contributed by atoms with van der Waals surface area (Å²) < 4.78 is 29.4. The number of aromatic nitrogens is 1. The number of rotatable bonds is 2.